The summed E-state index contributed by atoms with van der Waals surface area (Å²) in [6.45, 7) is 7.12. The Morgan fingerprint density at radius 3 is 2.50 bits per heavy atom. The molecule has 1 unspecified atom stereocenters. The summed E-state index contributed by atoms with van der Waals surface area (Å²) in [5.41, 5.74) is 5.74. The van der Waals surface area contributed by atoms with Gasteiger partial charge >= 0.3 is 0 Å². The van der Waals surface area contributed by atoms with Crippen molar-refractivity contribution in [3.05, 3.63) is 21.9 Å². The van der Waals surface area contributed by atoms with Gasteiger partial charge in [0.1, 0.15) is 5.78 Å². The molecule has 0 saturated heterocycles. The van der Waals surface area contributed by atoms with E-state index in [-0.39, 0.29) is 0 Å². The maximum atomic E-state index is 12.0. The number of ketones is 1. The van der Waals surface area contributed by atoms with Crippen LogP contribution < -0.4 is 5.73 Å². The van der Waals surface area contributed by atoms with E-state index in [1.807, 2.05) is 0 Å². The third kappa shape index (κ3) is 5.32. The SMILES string of the molecule is CCc1ccc(CC(=O)CC(CN)CC(C)C)s1. The molecule has 0 fully saturated rings. The highest BCUT2D eigenvalue weighted by Gasteiger charge is 2.15. The molecule has 0 saturated carbocycles. The predicted octanol–water partition coefficient (Wildman–Crippen LogP) is 3.43. The number of nitrogens with two attached hydrogens (primary N) is 1. The van der Waals surface area contributed by atoms with Gasteiger partial charge in [-0.05, 0) is 43.4 Å². The minimum absolute atomic E-state index is 0.329. The summed E-state index contributed by atoms with van der Waals surface area (Å²) < 4.78 is 0. The molecule has 0 amide bonds. The molecule has 2 nitrogen and oxygen atoms in total. The van der Waals surface area contributed by atoms with E-state index in [4.69, 9.17) is 5.73 Å². The van der Waals surface area contributed by atoms with Gasteiger partial charge in [-0.3, -0.25) is 4.79 Å². The lowest BCUT2D eigenvalue weighted by Gasteiger charge is -2.15. The fourth-order valence-corrected chi connectivity index (χ4v) is 3.21. The van der Waals surface area contributed by atoms with E-state index >= 15 is 0 Å². The summed E-state index contributed by atoms with van der Waals surface area (Å²) in [6.07, 6.45) is 3.32. The molecule has 102 valence electrons. The molecular formula is C15H25NOS. The van der Waals surface area contributed by atoms with Crippen LogP contribution in [0.1, 0.15) is 43.4 Å². The molecule has 1 atom stereocenters. The first-order valence-corrected chi connectivity index (χ1v) is 7.66. The predicted molar refractivity (Wildman–Crippen MR) is 79.0 cm³/mol. The second-order valence-electron chi connectivity index (χ2n) is 5.37. The van der Waals surface area contributed by atoms with Gasteiger partial charge in [-0.25, -0.2) is 0 Å². The van der Waals surface area contributed by atoms with Crippen LogP contribution in [0.3, 0.4) is 0 Å². The number of rotatable bonds is 8. The van der Waals surface area contributed by atoms with Crippen LogP contribution in [0, 0.1) is 11.8 Å². The topological polar surface area (TPSA) is 43.1 Å². The maximum Gasteiger partial charge on any atom is 0.138 e. The van der Waals surface area contributed by atoms with Crippen molar-refractivity contribution >= 4 is 17.1 Å². The van der Waals surface area contributed by atoms with Crippen LogP contribution in [-0.2, 0) is 17.6 Å². The fraction of sp³-hybridized carbons (Fsp3) is 0.667. The third-order valence-corrected chi connectivity index (χ3v) is 4.32. The molecule has 0 aliphatic heterocycles. The van der Waals surface area contributed by atoms with Crippen LogP contribution in [0.5, 0.6) is 0 Å². The number of aryl methyl sites for hydroxylation is 1. The zero-order valence-electron chi connectivity index (χ0n) is 11.7. The van der Waals surface area contributed by atoms with E-state index < -0.39 is 0 Å². The van der Waals surface area contributed by atoms with E-state index in [0.717, 1.165) is 12.8 Å². The monoisotopic (exact) mass is 267 g/mol. The lowest BCUT2D eigenvalue weighted by atomic mass is 9.92. The quantitative estimate of drug-likeness (QED) is 0.784. The maximum absolute atomic E-state index is 12.0. The Morgan fingerprint density at radius 2 is 2.00 bits per heavy atom. The number of Topliss-reactive ketones (excluding diaryl/α,β-unsaturated/α-hetero) is 1. The van der Waals surface area contributed by atoms with Crippen LogP contribution in [0.4, 0.5) is 0 Å². The average molecular weight is 267 g/mol. The highest BCUT2D eigenvalue weighted by atomic mass is 32.1. The van der Waals surface area contributed by atoms with Crippen molar-refractivity contribution in [1.29, 1.82) is 0 Å². The summed E-state index contributed by atoms with van der Waals surface area (Å²) in [7, 11) is 0. The van der Waals surface area contributed by atoms with Crippen LogP contribution in [0.2, 0.25) is 0 Å². The molecule has 3 heteroatoms. The molecule has 1 heterocycles. The first-order chi connectivity index (χ1) is 8.55. The number of carbonyl (C=O) groups is 1. The zero-order valence-corrected chi connectivity index (χ0v) is 12.6. The van der Waals surface area contributed by atoms with E-state index in [2.05, 4.69) is 32.9 Å². The van der Waals surface area contributed by atoms with Crippen molar-refractivity contribution in [3.63, 3.8) is 0 Å². The van der Waals surface area contributed by atoms with Crippen molar-refractivity contribution in [2.24, 2.45) is 17.6 Å². The van der Waals surface area contributed by atoms with Gasteiger partial charge in [0.2, 0.25) is 0 Å². The molecule has 1 rings (SSSR count). The molecule has 0 radical (unpaired) electrons. The molecule has 0 aromatic carbocycles. The number of carbonyl (C=O) groups excluding carboxylic acids is 1. The first kappa shape index (κ1) is 15.4. The summed E-state index contributed by atoms with van der Waals surface area (Å²) in [5.74, 6) is 1.29. The largest absolute Gasteiger partial charge is 0.330 e. The lowest BCUT2D eigenvalue weighted by molar-refractivity contribution is -0.119. The molecule has 2 N–H and O–H groups in total. The molecular weight excluding hydrogens is 242 g/mol. The van der Waals surface area contributed by atoms with Gasteiger partial charge in [0, 0.05) is 22.6 Å². The minimum Gasteiger partial charge on any atom is -0.330 e. The third-order valence-electron chi connectivity index (χ3n) is 3.09. The van der Waals surface area contributed by atoms with Gasteiger partial charge in [0.25, 0.3) is 0 Å². The zero-order chi connectivity index (χ0) is 13.5. The molecule has 0 aliphatic rings. The van der Waals surface area contributed by atoms with Crippen molar-refractivity contribution in [3.8, 4) is 0 Å². The van der Waals surface area contributed by atoms with Crippen molar-refractivity contribution in [1.82, 2.24) is 0 Å². The van der Waals surface area contributed by atoms with Gasteiger partial charge in [0.05, 0.1) is 0 Å². The van der Waals surface area contributed by atoms with E-state index in [1.165, 1.54) is 9.75 Å². The van der Waals surface area contributed by atoms with Gasteiger partial charge in [-0.1, -0.05) is 20.8 Å². The highest BCUT2D eigenvalue weighted by Crippen LogP contribution is 2.20. The summed E-state index contributed by atoms with van der Waals surface area (Å²) in [4.78, 5) is 14.6. The van der Waals surface area contributed by atoms with Crippen LogP contribution >= 0.6 is 11.3 Å². The van der Waals surface area contributed by atoms with E-state index in [0.29, 0.717) is 37.0 Å². The van der Waals surface area contributed by atoms with Crippen molar-refractivity contribution in [2.75, 3.05) is 6.54 Å². The molecule has 1 aromatic rings. The van der Waals surface area contributed by atoms with E-state index in [9.17, 15) is 4.79 Å². The fourth-order valence-electron chi connectivity index (χ4n) is 2.23. The van der Waals surface area contributed by atoms with Crippen LogP contribution in [0.25, 0.3) is 0 Å². The standard InChI is InChI=1S/C15H25NOS/c1-4-14-5-6-15(18-14)9-13(17)8-12(10-16)7-11(2)3/h5-6,11-12H,4,7-10,16H2,1-3H3. The normalized spacial score (nSPS) is 12.9. The smallest absolute Gasteiger partial charge is 0.138 e. The number of thiophene rings is 1. The van der Waals surface area contributed by atoms with Crippen molar-refractivity contribution in [2.45, 2.75) is 46.5 Å². The molecule has 0 bridgehead atoms. The Bertz CT molecular complexity index is 370. The number of hydrogen-bond acceptors (Lipinski definition) is 3. The molecule has 1 aromatic heterocycles. The Morgan fingerprint density at radius 1 is 1.33 bits per heavy atom. The highest BCUT2D eigenvalue weighted by molar-refractivity contribution is 7.12. The number of hydrogen-bond donors (Lipinski definition) is 1. The van der Waals surface area contributed by atoms with Crippen LogP contribution in [0.15, 0.2) is 12.1 Å². The Balaban J connectivity index is 2.44. The molecule has 18 heavy (non-hydrogen) atoms. The van der Waals surface area contributed by atoms with Gasteiger partial charge in [-0.15, -0.1) is 11.3 Å². The Hall–Kier alpha value is -0.670. The second-order valence-corrected chi connectivity index (χ2v) is 6.63. The second kappa shape index (κ2) is 7.70. The Labute approximate surface area is 115 Å². The van der Waals surface area contributed by atoms with Gasteiger partial charge < -0.3 is 5.73 Å². The first-order valence-electron chi connectivity index (χ1n) is 6.84. The average Bonchev–Trinajstić information content (AvgIpc) is 2.75. The van der Waals surface area contributed by atoms with Gasteiger partial charge in [-0.2, -0.15) is 0 Å². The van der Waals surface area contributed by atoms with E-state index in [1.54, 1.807) is 11.3 Å². The lowest BCUT2D eigenvalue weighted by Crippen LogP contribution is -2.20. The summed E-state index contributed by atoms with van der Waals surface area (Å²) >= 11 is 1.76. The molecule has 0 aliphatic carbocycles. The minimum atomic E-state index is 0.329. The molecule has 0 spiro atoms. The Kier molecular flexibility index (Phi) is 6.58. The van der Waals surface area contributed by atoms with Crippen molar-refractivity contribution < 1.29 is 4.79 Å². The summed E-state index contributed by atoms with van der Waals surface area (Å²) in [6, 6.07) is 4.21. The van der Waals surface area contributed by atoms with Crippen LogP contribution in [-0.4, -0.2) is 12.3 Å². The summed E-state index contributed by atoms with van der Waals surface area (Å²) in [5, 5.41) is 0. The van der Waals surface area contributed by atoms with Gasteiger partial charge in [0.15, 0.2) is 0 Å².